The Morgan fingerprint density at radius 1 is 1.24 bits per heavy atom. The first kappa shape index (κ1) is 14.1. The molecule has 3 heteroatoms. The largest absolute Gasteiger partial charge is 0.487 e. The zero-order valence-corrected chi connectivity index (χ0v) is 12.7. The minimum absolute atomic E-state index is 0.487. The van der Waals surface area contributed by atoms with Crippen LogP contribution in [0.2, 0.25) is 0 Å². The molecule has 0 N–H and O–H groups in total. The van der Waals surface area contributed by atoms with Gasteiger partial charge >= 0.3 is 0 Å². The van der Waals surface area contributed by atoms with Crippen molar-refractivity contribution in [3.05, 3.63) is 59.4 Å². The lowest BCUT2D eigenvalue weighted by atomic mass is 10.1. The first-order valence-electron chi connectivity index (χ1n) is 7.56. The molecular formula is C18H22N2O. The summed E-state index contributed by atoms with van der Waals surface area (Å²) in [5.74, 6) is 0.855. The number of nitrogens with zero attached hydrogens (tertiary/aromatic N) is 2. The van der Waals surface area contributed by atoms with E-state index in [0.29, 0.717) is 12.6 Å². The van der Waals surface area contributed by atoms with E-state index in [1.54, 1.807) is 6.20 Å². The van der Waals surface area contributed by atoms with Crippen LogP contribution in [-0.2, 0) is 6.61 Å². The summed E-state index contributed by atoms with van der Waals surface area (Å²) in [6.45, 7) is 3.85. The molecule has 1 aliphatic heterocycles. The second-order valence-corrected chi connectivity index (χ2v) is 5.87. The number of ether oxygens (including phenoxy) is 1. The molecule has 0 radical (unpaired) electrons. The van der Waals surface area contributed by atoms with Crippen molar-refractivity contribution in [3.8, 4) is 5.75 Å². The summed E-state index contributed by atoms with van der Waals surface area (Å²) < 4.78 is 5.89. The molecule has 21 heavy (non-hydrogen) atoms. The summed E-state index contributed by atoms with van der Waals surface area (Å²) >= 11 is 0. The smallest absolute Gasteiger partial charge is 0.138 e. The zero-order chi connectivity index (χ0) is 14.7. The number of benzene rings is 1. The molecule has 1 aliphatic rings. The number of pyridine rings is 1. The van der Waals surface area contributed by atoms with Crippen LogP contribution in [0.15, 0.2) is 42.7 Å². The summed E-state index contributed by atoms with van der Waals surface area (Å²) in [4.78, 5) is 6.73. The number of aromatic nitrogens is 1. The molecule has 0 amide bonds. The molecule has 110 valence electrons. The summed E-state index contributed by atoms with van der Waals surface area (Å²) in [5, 5.41) is 0. The maximum Gasteiger partial charge on any atom is 0.138 e. The van der Waals surface area contributed by atoms with Gasteiger partial charge in [-0.15, -0.1) is 0 Å². The van der Waals surface area contributed by atoms with Crippen molar-refractivity contribution in [1.29, 1.82) is 0 Å². The van der Waals surface area contributed by atoms with Gasteiger partial charge in [-0.05, 0) is 50.6 Å². The average molecular weight is 282 g/mol. The number of rotatable bonds is 4. The van der Waals surface area contributed by atoms with Crippen LogP contribution >= 0.6 is 0 Å². The van der Waals surface area contributed by atoms with Gasteiger partial charge in [0.25, 0.3) is 0 Å². The number of hydrogen-bond donors (Lipinski definition) is 0. The Morgan fingerprint density at radius 2 is 2.05 bits per heavy atom. The van der Waals surface area contributed by atoms with E-state index in [4.69, 9.17) is 4.74 Å². The van der Waals surface area contributed by atoms with Gasteiger partial charge in [-0.1, -0.05) is 29.8 Å². The molecule has 0 saturated carbocycles. The van der Waals surface area contributed by atoms with E-state index in [1.165, 1.54) is 36.1 Å². The third kappa shape index (κ3) is 3.42. The highest BCUT2D eigenvalue weighted by atomic mass is 16.5. The Balaban J connectivity index is 1.67. The number of aryl methyl sites for hydroxylation is 1. The lowest BCUT2D eigenvalue weighted by molar-refractivity contribution is 0.298. The highest BCUT2D eigenvalue weighted by molar-refractivity contribution is 5.27. The van der Waals surface area contributed by atoms with Gasteiger partial charge in [-0.2, -0.15) is 0 Å². The molecule has 2 heterocycles. The van der Waals surface area contributed by atoms with Crippen molar-refractivity contribution >= 4 is 0 Å². The second-order valence-electron chi connectivity index (χ2n) is 5.87. The van der Waals surface area contributed by atoms with Crippen LogP contribution in [0.4, 0.5) is 0 Å². The zero-order valence-electron chi connectivity index (χ0n) is 12.7. The Hall–Kier alpha value is -1.87. The maximum absolute atomic E-state index is 5.89. The molecule has 1 fully saturated rings. The lowest BCUT2D eigenvalue weighted by Gasteiger charge is -2.19. The van der Waals surface area contributed by atoms with Gasteiger partial charge in [-0.25, -0.2) is 0 Å². The van der Waals surface area contributed by atoms with E-state index >= 15 is 0 Å². The fraction of sp³-hybridized carbons (Fsp3) is 0.389. The van der Waals surface area contributed by atoms with Gasteiger partial charge in [0.05, 0.1) is 6.20 Å². The molecule has 0 bridgehead atoms. The third-order valence-corrected chi connectivity index (χ3v) is 4.17. The fourth-order valence-electron chi connectivity index (χ4n) is 2.88. The predicted octanol–water partition coefficient (Wildman–Crippen LogP) is 3.74. The highest BCUT2D eigenvalue weighted by Crippen LogP contribution is 2.31. The van der Waals surface area contributed by atoms with Gasteiger partial charge in [0, 0.05) is 12.2 Å². The van der Waals surface area contributed by atoms with Crippen LogP contribution in [0.3, 0.4) is 0 Å². The first-order valence-corrected chi connectivity index (χ1v) is 7.56. The molecule has 2 aromatic rings. The van der Waals surface area contributed by atoms with Gasteiger partial charge in [0.15, 0.2) is 0 Å². The van der Waals surface area contributed by atoms with Gasteiger partial charge in [0.1, 0.15) is 12.4 Å². The molecule has 1 aromatic carbocycles. The molecule has 1 aromatic heterocycles. The predicted molar refractivity (Wildman–Crippen MR) is 84.4 cm³/mol. The van der Waals surface area contributed by atoms with Crippen molar-refractivity contribution in [2.45, 2.75) is 32.4 Å². The minimum Gasteiger partial charge on any atom is -0.487 e. The van der Waals surface area contributed by atoms with Crippen LogP contribution in [0.5, 0.6) is 5.75 Å². The molecule has 1 atom stereocenters. The van der Waals surface area contributed by atoms with Crippen LogP contribution < -0.4 is 4.74 Å². The Kier molecular flexibility index (Phi) is 4.20. The first-order chi connectivity index (χ1) is 10.2. The number of hydrogen-bond acceptors (Lipinski definition) is 3. The second kappa shape index (κ2) is 6.27. The summed E-state index contributed by atoms with van der Waals surface area (Å²) in [6, 6.07) is 11.1. The summed E-state index contributed by atoms with van der Waals surface area (Å²) in [7, 11) is 2.18. The number of likely N-dealkylation sites (tertiary alicyclic amines) is 1. The van der Waals surface area contributed by atoms with E-state index in [2.05, 4.69) is 54.2 Å². The van der Waals surface area contributed by atoms with E-state index in [1.807, 2.05) is 6.20 Å². The molecule has 1 saturated heterocycles. The standard InChI is InChI=1S/C18H22N2O/c1-14-5-7-15(8-6-14)13-21-17-10-16(11-19-12-17)18-4-3-9-20(18)2/h5-8,10-12,18H,3-4,9,13H2,1-2H3/t18-/m0/s1. The molecule has 0 unspecified atom stereocenters. The third-order valence-electron chi connectivity index (χ3n) is 4.17. The Bertz CT molecular complexity index is 594. The van der Waals surface area contributed by atoms with E-state index in [9.17, 15) is 0 Å². The van der Waals surface area contributed by atoms with E-state index in [-0.39, 0.29) is 0 Å². The Morgan fingerprint density at radius 3 is 2.76 bits per heavy atom. The Labute approximate surface area is 126 Å². The maximum atomic E-state index is 5.89. The van der Waals surface area contributed by atoms with Crippen LogP contribution in [-0.4, -0.2) is 23.5 Å². The van der Waals surface area contributed by atoms with Crippen LogP contribution in [0, 0.1) is 6.92 Å². The molecule has 0 aliphatic carbocycles. The minimum atomic E-state index is 0.487. The molecule has 3 nitrogen and oxygen atoms in total. The van der Waals surface area contributed by atoms with Crippen molar-refractivity contribution in [3.63, 3.8) is 0 Å². The highest BCUT2D eigenvalue weighted by Gasteiger charge is 2.22. The van der Waals surface area contributed by atoms with Crippen LogP contribution in [0.1, 0.15) is 35.6 Å². The SMILES string of the molecule is Cc1ccc(COc2cncc([C@@H]3CCCN3C)c2)cc1. The van der Waals surface area contributed by atoms with Crippen molar-refractivity contribution in [2.24, 2.45) is 0 Å². The average Bonchev–Trinajstić information content (AvgIpc) is 2.93. The monoisotopic (exact) mass is 282 g/mol. The quantitative estimate of drug-likeness (QED) is 0.854. The summed E-state index contributed by atoms with van der Waals surface area (Å²) in [5.41, 5.74) is 3.71. The summed E-state index contributed by atoms with van der Waals surface area (Å²) in [6.07, 6.45) is 6.23. The van der Waals surface area contributed by atoms with Crippen molar-refractivity contribution in [1.82, 2.24) is 9.88 Å². The topological polar surface area (TPSA) is 25.4 Å². The van der Waals surface area contributed by atoms with Crippen molar-refractivity contribution in [2.75, 3.05) is 13.6 Å². The lowest BCUT2D eigenvalue weighted by Crippen LogP contribution is -2.17. The van der Waals surface area contributed by atoms with Gasteiger partial charge in [0.2, 0.25) is 0 Å². The van der Waals surface area contributed by atoms with Crippen molar-refractivity contribution < 1.29 is 4.74 Å². The van der Waals surface area contributed by atoms with Gasteiger partial charge in [-0.3, -0.25) is 9.88 Å². The fourth-order valence-corrected chi connectivity index (χ4v) is 2.88. The van der Waals surface area contributed by atoms with Crippen LogP contribution in [0.25, 0.3) is 0 Å². The van der Waals surface area contributed by atoms with E-state index < -0.39 is 0 Å². The van der Waals surface area contributed by atoms with E-state index in [0.717, 1.165) is 5.75 Å². The molecule has 3 rings (SSSR count). The molecular weight excluding hydrogens is 260 g/mol. The van der Waals surface area contributed by atoms with Gasteiger partial charge < -0.3 is 4.74 Å². The normalized spacial score (nSPS) is 18.9. The molecule has 0 spiro atoms.